The van der Waals surface area contributed by atoms with E-state index in [0.29, 0.717) is 19.4 Å². The van der Waals surface area contributed by atoms with Crippen LogP contribution in [0.15, 0.2) is 24.3 Å². The molecule has 1 aromatic heterocycles. The molecule has 5 nitrogen and oxygen atoms in total. The number of fused-ring (bicyclic) bond motifs is 1. The molecule has 0 aliphatic carbocycles. The second-order valence-corrected chi connectivity index (χ2v) is 8.98. The molecule has 1 atom stereocenters. The number of rotatable bonds is 5. The zero-order valence-corrected chi connectivity index (χ0v) is 14.8. The van der Waals surface area contributed by atoms with Crippen LogP contribution in [0, 0.1) is 6.92 Å². The van der Waals surface area contributed by atoms with E-state index in [1.807, 2.05) is 31.2 Å². The summed E-state index contributed by atoms with van der Waals surface area (Å²) in [5.41, 5.74) is 0.979. The molecule has 2 heterocycles. The van der Waals surface area contributed by atoms with Crippen LogP contribution in [0.1, 0.15) is 25.3 Å². The molecule has 1 aliphatic rings. The number of thiophene rings is 1. The average molecular weight is 352 g/mol. The zero-order chi connectivity index (χ0) is 16.6. The molecule has 1 N–H and O–H groups in total. The van der Waals surface area contributed by atoms with E-state index in [-0.39, 0.29) is 17.7 Å². The quantitative estimate of drug-likeness (QED) is 0.899. The molecule has 7 heteroatoms. The Bertz CT molecular complexity index is 842. The Morgan fingerprint density at radius 3 is 2.70 bits per heavy atom. The number of nitrogens with zero attached hydrogens (tertiary/aromatic N) is 1. The zero-order valence-electron chi connectivity index (χ0n) is 13.2. The van der Waals surface area contributed by atoms with E-state index in [9.17, 15) is 13.2 Å². The Hall–Kier alpha value is -1.60. The Balaban J connectivity index is 2.03. The van der Waals surface area contributed by atoms with Crippen molar-refractivity contribution in [3.05, 3.63) is 29.8 Å². The standard InChI is InChI=1S/C16H20N2O3S2/c1-3-23(20,21)18(10-12-8-9-15(19)17-12)16-11(2)13-6-4-5-7-14(13)22-16/h4-7,12H,3,8-10H2,1-2H3,(H,17,19)/t12-/m0/s1. The number of aryl methyl sites for hydroxylation is 1. The second kappa shape index (κ2) is 6.13. The van der Waals surface area contributed by atoms with Crippen LogP contribution in [0.3, 0.4) is 0 Å². The lowest BCUT2D eigenvalue weighted by atomic mass is 10.2. The van der Waals surface area contributed by atoms with Gasteiger partial charge in [0.1, 0.15) is 5.00 Å². The van der Waals surface area contributed by atoms with Crippen molar-refractivity contribution in [2.45, 2.75) is 32.7 Å². The number of hydrogen-bond acceptors (Lipinski definition) is 4. The molecule has 1 amide bonds. The number of carbonyl (C=O) groups excluding carboxylic acids is 1. The van der Waals surface area contributed by atoms with E-state index in [2.05, 4.69) is 5.32 Å². The second-order valence-electron chi connectivity index (χ2n) is 5.76. The number of carbonyl (C=O) groups is 1. The van der Waals surface area contributed by atoms with E-state index in [1.54, 1.807) is 6.92 Å². The van der Waals surface area contributed by atoms with Crippen LogP contribution >= 0.6 is 11.3 Å². The van der Waals surface area contributed by atoms with Crippen LogP contribution in [-0.2, 0) is 14.8 Å². The third-order valence-electron chi connectivity index (χ3n) is 4.22. The number of amides is 1. The average Bonchev–Trinajstić information content (AvgIpc) is 3.09. The van der Waals surface area contributed by atoms with Crippen LogP contribution in [0.4, 0.5) is 5.00 Å². The largest absolute Gasteiger partial charge is 0.352 e. The van der Waals surface area contributed by atoms with Crippen LogP contribution in [0.25, 0.3) is 10.1 Å². The maximum absolute atomic E-state index is 12.6. The first-order chi connectivity index (χ1) is 10.9. The minimum atomic E-state index is -3.40. The molecule has 0 radical (unpaired) electrons. The summed E-state index contributed by atoms with van der Waals surface area (Å²) >= 11 is 1.49. The first-order valence-electron chi connectivity index (χ1n) is 7.70. The maximum Gasteiger partial charge on any atom is 0.235 e. The highest BCUT2D eigenvalue weighted by molar-refractivity contribution is 7.93. The molecule has 23 heavy (non-hydrogen) atoms. The summed E-state index contributed by atoms with van der Waals surface area (Å²) in [4.78, 5) is 11.4. The fourth-order valence-electron chi connectivity index (χ4n) is 2.89. The molecule has 1 saturated heterocycles. The minimum Gasteiger partial charge on any atom is -0.352 e. The molecule has 1 fully saturated rings. The number of hydrogen-bond donors (Lipinski definition) is 1. The molecule has 0 bridgehead atoms. The molecular weight excluding hydrogens is 332 g/mol. The van der Waals surface area contributed by atoms with Crippen molar-refractivity contribution in [2.24, 2.45) is 0 Å². The maximum atomic E-state index is 12.6. The lowest BCUT2D eigenvalue weighted by Gasteiger charge is -2.26. The van der Waals surface area contributed by atoms with E-state index in [4.69, 9.17) is 0 Å². The van der Waals surface area contributed by atoms with Gasteiger partial charge < -0.3 is 5.32 Å². The van der Waals surface area contributed by atoms with Gasteiger partial charge in [-0.05, 0) is 37.3 Å². The topological polar surface area (TPSA) is 66.5 Å². The summed E-state index contributed by atoms with van der Waals surface area (Å²) in [5, 5.41) is 4.70. The van der Waals surface area contributed by atoms with Crippen molar-refractivity contribution >= 4 is 42.4 Å². The summed E-state index contributed by atoms with van der Waals surface area (Å²) in [6, 6.07) is 7.82. The lowest BCUT2D eigenvalue weighted by Crippen LogP contribution is -2.42. The Morgan fingerprint density at radius 1 is 1.35 bits per heavy atom. The van der Waals surface area contributed by atoms with Gasteiger partial charge in [0, 0.05) is 17.2 Å². The van der Waals surface area contributed by atoms with Gasteiger partial charge in [0.2, 0.25) is 15.9 Å². The highest BCUT2D eigenvalue weighted by Gasteiger charge is 2.30. The number of anilines is 1. The third-order valence-corrected chi connectivity index (χ3v) is 7.36. The van der Waals surface area contributed by atoms with E-state index in [0.717, 1.165) is 20.7 Å². The summed E-state index contributed by atoms with van der Waals surface area (Å²) in [7, 11) is -3.40. The fourth-order valence-corrected chi connectivity index (χ4v) is 5.58. The summed E-state index contributed by atoms with van der Waals surface area (Å²) in [6.45, 7) is 3.91. The first-order valence-corrected chi connectivity index (χ1v) is 10.1. The summed E-state index contributed by atoms with van der Waals surface area (Å²) in [6.07, 6.45) is 1.15. The molecule has 3 rings (SSSR count). The predicted molar refractivity (Wildman–Crippen MR) is 94.5 cm³/mol. The van der Waals surface area contributed by atoms with Crippen LogP contribution in [-0.4, -0.2) is 32.7 Å². The van der Waals surface area contributed by atoms with Gasteiger partial charge in [0.25, 0.3) is 0 Å². The molecule has 1 aromatic carbocycles. The van der Waals surface area contributed by atoms with Gasteiger partial charge in [-0.25, -0.2) is 8.42 Å². The minimum absolute atomic E-state index is 0.00286. The van der Waals surface area contributed by atoms with Gasteiger partial charge in [-0.15, -0.1) is 11.3 Å². The number of nitrogens with one attached hydrogen (secondary N) is 1. The Labute approximate surface area is 140 Å². The molecule has 1 aliphatic heterocycles. The predicted octanol–water partition coefficient (Wildman–Crippen LogP) is 2.64. The van der Waals surface area contributed by atoms with Gasteiger partial charge in [-0.3, -0.25) is 9.10 Å². The van der Waals surface area contributed by atoms with Crippen molar-refractivity contribution in [1.29, 1.82) is 0 Å². The summed E-state index contributed by atoms with van der Waals surface area (Å²) < 4.78 is 27.8. The fraction of sp³-hybridized carbons (Fsp3) is 0.438. The molecular formula is C16H20N2O3S2. The van der Waals surface area contributed by atoms with Crippen LogP contribution < -0.4 is 9.62 Å². The number of sulfonamides is 1. The molecule has 0 unspecified atom stereocenters. The SMILES string of the molecule is CCS(=O)(=O)N(C[C@@H]1CCC(=O)N1)c1sc2ccccc2c1C. The normalized spacial score (nSPS) is 18.3. The first kappa shape index (κ1) is 16.3. The smallest absolute Gasteiger partial charge is 0.235 e. The van der Waals surface area contributed by atoms with Crippen molar-refractivity contribution in [3.63, 3.8) is 0 Å². The van der Waals surface area contributed by atoms with Crippen LogP contribution in [0.2, 0.25) is 0 Å². The molecule has 124 valence electrons. The van der Waals surface area contributed by atoms with Gasteiger partial charge in [-0.2, -0.15) is 0 Å². The Morgan fingerprint density at radius 2 is 2.09 bits per heavy atom. The molecule has 2 aromatic rings. The highest BCUT2D eigenvalue weighted by atomic mass is 32.2. The van der Waals surface area contributed by atoms with Gasteiger partial charge >= 0.3 is 0 Å². The van der Waals surface area contributed by atoms with E-state index < -0.39 is 10.0 Å². The highest BCUT2D eigenvalue weighted by Crippen LogP contribution is 2.39. The monoisotopic (exact) mass is 352 g/mol. The van der Waals surface area contributed by atoms with E-state index >= 15 is 0 Å². The summed E-state index contributed by atoms with van der Waals surface area (Å²) in [5.74, 6) is 0.0401. The lowest BCUT2D eigenvalue weighted by molar-refractivity contribution is -0.119. The molecule has 0 saturated carbocycles. The number of benzene rings is 1. The van der Waals surface area contributed by atoms with Crippen molar-refractivity contribution in [2.75, 3.05) is 16.6 Å². The van der Waals surface area contributed by atoms with Gasteiger partial charge in [0.15, 0.2) is 0 Å². The third kappa shape index (κ3) is 3.07. The van der Waals surface area contributed by atoms with Crippen molar-refractivity contribution in [3.8, 4) is 0 Å². The van der Waals surface area contributed by atoms with Crippen molar-refractivity contribution in [1.82, 2.24) is 5.32 Å². The van der Waals surface area contributed by atoms with E-state index in [1.165, 1.54) is 15.6 Å². The molecule has 0 spiro atoms. The van der Waals surface area contributed by atoms with Crippen molar-refractivity contribution < 1.29 is 13.2 Å². The van der Waals surface area contributed by atoms with Gasteiger partial charge in [0.05, 0.1) is 12.3 Å². The van der Waals surface area contributed by atoms with Crippen LogP contribution in [0.5, 0.6) is 0 Å². The Kier molecular flexibility index (Phi) is 4.33. The van der Waals surface area contributed by atoms with Gasteiger partial charge in [-0.1, -0.05) is 18.2 Å².